The summed E-state index contributed by atoms with van der Waals surface area (Å²) in [5.74, 6) is 0.177. The Kier molecular flexibility index (Phi) is 5.25. The molecule has 0 saturated carbocycles. The standard InChI is InChI=1S/C12H17ClN2O2/c1-8(2)11(7-16)15-12(17)14-10-5-3-9(13)4-6-10/h3-6,8,11,16H,7H2,1-2H3,(H2,14,15,17). The smallest absolute Gasteiger partial charge is 0.319 e. The SMILES string of the molecule is CC(C)C(CO)NC(=O)Nc1ccc(Cl)cc1. The zero-order valence-electron chi connectivity index (χ0n) is 9.90. The van der Waals surface area contributed by atoms with Gasteiger partial charge in [-0.3, -0.25) is 0 Å². The van der Waals surface area contributed by atoms with Gasteiger partial charge < -0.3 is 15.7 Å². The monoisotopic (exact) mass is 256 g/mol. The Bertz CT molecular complexity index is 365. The number of halogens is 1. The maximum absolute atomic E-state index is 11.6. The fourth-order valence-corrected chi connectivity index (χ4v) is 1.42. The van der Waals surface area contributed by atoms with E-state index in [0.717, 1.165) is 0 Å². The Hall–Kier alpha value is -1.26. The highest BCUT2D eigenvalue weighted by Crippen LogP contribution is 2.13. The number of benzene rings is 1. The van der Waals surface area contributed by atoms with Crippen LogP contribution in [0.4, 0.5) is 10.5 Å². The van der Waals surface area contributed by atoms with Gasteiger partial charge in [0.05, 0.1) is 12.6 Å². The number of urea groups is 1. The third-order valence-corrected chi connectivity index (χ3v) is 2.67. The Balaban J connectivity index is 2.52. The molecule has 1 unspecified atom stereocenters. The molecule has 1 atom stereocenters. The molecule has 0 bridgehead atoms. The molecule has 0 spiro atoms. The highest BCUT2D eigenvalue weighted by atomic mass is 35.5. The first-order chi connectivity index (χ1) is 8.02. The summed E-state index contributed by atoms with van der Waals surface area (Å²) in [7, 11) is 0. The number of carbonyl (C=O) groups is 1. The number of rotatable bonds is 4. The summed E-state index contributed by atoms with van der Waals surface area (Å²) in [4.78, 5) is 11.6. The largest absolute Gasteiger partial charge is 0.394 e. The number of carbonyl (C=O) groups excluding carboxylic acids is 1. The summed E-state index contributed by atoms with van der Waals surface area (Å²) in [5.41, 5.74) is 0.660. The highest BCUT2D eigenvalue weighted by molar-refractivity contribution is 6.30. The maximum Gasteiger partial charge on any atom is 0.319 e. The van der Waals surface area contributed by atoms with Crippen LogP contribution in [0.2, 0.25) is 5.02 Å². The molecule has 4 nitrogen and oxygen atoms in total. The Labute approximate surface area is 106 Å². The minimum Gasteiger partial charge on any atom is -0.394 e. The number of amides is 2. The number of aliphatic hydroxyl groups is 1. The molecule has 1 aromatic rings. The predicted octanol–water partition coefficient (Wildman–Crippen LogP) is 2.48. The van der Waals surface area contributed by atoms with E-state index in [1.807, 2.05) is 13.8 Å². The quantitative estimate of drug-likeness (QED) is 0.775. The van der Waals surface area contributed by atoms with Crippen molar-refractivity contribution in [1.82, 2.24) is 5.32 Å². The molecule has 3 N–H and O–H groups in total. The summed E-state index contributed by atoms with van der Waals surface area (Å²) in [6.07, 6.45) is 0. The van der Waals surface area contributed by atoms with Crippen molar-refractivity contribution in [2.75, 3.05) is 11.9 Å². The van der Waals surface area contributed by atoms with E-state index in [4.69, 9.17) is 16.7 Å². The molecular weight excluding hydrogens is 240 g/mol. The molecule has 0 aromatic heterocycles. The van der Waals surface area contributed by atoms with E-state index < -0.39 is 0 Å². The normalized spacial score (nSPS) is 12.3. The minimum absolute atomic E-state index is 0.0777. The van der Waals surface area contributed by atoms with E-state index in [2.05, 4.69) is 10.6 Å². The lowest BCUT2D eigenvalue weighted by molar-refractivity contribution is 0.204. The summed E-state index contributed by atoms with van der Waals surface area (Å²) in [6.45, 7) is 3.79. The zero-order valence-corrected chi connectivity index (χ0v) is 10.7. The second kappa shape index (κ2) is 6.47. The van der Waals surface area contributed by atoms with Crippen LogP contribution in [0.5, 0.6) is 0 Å². The molecule has 0 aliphatic carbocycles. The van der Waals surface area contributed by atoms with Gasteiger partial charge >= 0.3 is 6.03 Å². The average Bonchev–Trinajstić information content (AvgIpc) is 2.28. The lowest BCUT2D eigenvalue weighted by atomic mass is 10.1. The van der Waals surface area contributed by atoms with Crippen molar-refractivity contribution in [2.24, 2.45) is 5.92 Å². The first-order valence-electron chi connectivity index (χ1n) is 5.47. The van der Waals surface area contributed by atoms with Crippen molar-refractivity contribution in [3.63, 3.8) is 0 Å². The van der Waals surface area contributed by atoms with Gasteiger partial charge in [0.1, 0.15) is 0 Å². The number of hydrogen-bond donors (Lipinski definition) is 3. The van der Waals surface area contributed by atoms with Gasteiger partial charge in [0.2, 0.25) is 0 Å². The molecule has 0 fully saturated rings. The van der Waals surface area contributed by atoms with Crippen molar-refractivity contribution in [1.29, 1.82) is 0 Å². The molecule has 0 heterocycles. The van der Waals surface area contributed by atoms with Crippen molar-refractivity contribution >= 4 is 23.3 Å². The Morgan fingerprint density at radius 2 is 1.94 bits per heavy atom. The number of aliphatic hydroxyl groups excluding tert-OH is 1. The Morgan fingerprint density at radius 1 is 1.35 bits per heavy atom. The van der Waals surface area contributed by atoms with Crippen LogP contribution in [0.1, 0.15) is 13.8 Å². The van der Waals surface area contributed by atoms with Gasteiger partial charge in [-0.2, -0.15) is 0 Å². The lowest BCUT2D eigenvalue weighted by Gasteiger charge is -2.20. The third kappa shape index (κ3) is 4.63. The molecule has 2 amide bonds. The second-order valence-electron chi connectivity index (χ2n) is 4.14. The molecule has 0 aliphatic rings. The predicted molar refractivity (Wildman–Crippen MR) is 69.3 cm³/mol. The van der Waals surface area contributed by atoms with Crippen molar-refractivity contribution in [3.8, 4) is 0 Å². The average molecular weight is 257 g/mol. The van der Waals surface area contributed by atoms with Crippen LogP contribution in [0.15, 0.2) is 24.3 Å². The van der Waals surface area contributed by atoms with E-state index in [1.54, 1.807) is 24.3 Å². The molecule has 1 rings (SSSR count). The van der Waals surface area contributed by atoms with E-state index in [-0.39, 0.29) is 24.6 Å². The molecular formula is C12H17ClN2O2. The van der Waals surface area contributed by atoms with Crippen LogP contribution in [0, 0.1) is 5.92 Å². The third-order valence-electron chi connectivity index (χ3n) is 2.42. The van der Waals surface area contributed by atoms with E-state index in [1.165, 1.54) is 0 Å². The highest BCUT2D eigenvalue weighted by Gasteiger charge is 2.14. The second-order valence-corrected chi connectivity index (χ2v) is 4.57. The molecule has 17 heavy (non-hydrogen) atoms. The van der Waals surface area contributed by atoms with Crippen molar-refractivity contribution in [2.45, 2.75) is 19.9 Å². The fourth-order valence-electron chi connectivity index (χ4n) is 1.29. The van der Waals surface area contributed by atoms with Gasteiger partial charge in [0.15, 0.2) is 0 Å². The topological polar surface area (TPSA) is 61.4 Å². The van der Waals surface area contributed by atoms with Gasteiger partial charge in [0.25, 0.3) is 0 Å². The summed E-state index contributed by atoms with van der Waals surface area (Å²) >= 11 is 5.74. The maximum atomic E-state index is 11.6. The lowest BCUT2D eigenvalue weighted by Crippen LogP contribution is -2.43. The molecule has 0 radical (unpaired) electrons. The number of nitrogens with one attached hydrogen (secondary N) is 2. The number of hydrogen-bond acceptors (Lipinski definition) is 2. The molecule has 1 aromatic carbocycles. The summed E-state index contributed by atoms with van der Waals surface area (Å²) in [6, 6.07) is 6.24. The van der Waals surface area contributed by atoms with Crippen LogP contribution in [-0.2, 0) is 0 Å². The van der Waals surface area contributed by atoms with E-state index in [0.29, 0.717) is 10.7 Å². The zero-order chi connectivity index (χ0) is 12.8. The van der Waals surface area contributed by atoms with E-state index >= 15 is 0 Å². The fraction of sp³-hybridized carbons (Fsp3) is 0.417. The first-order valence-corrected chi connectivity index (χ1v) is 5.84. The van der Waals surface area contributed by atoms with Gasteiger partial charge in [-0.05, 0) is 30.2 Å². The molecule has 94 valence electrons. The molecule has 5 heteroatoms. The van der Waals surface area contributed by atoms with Gasteiger partial charge in [0, 0.05) is 10.7 Å². The van der Waals surface area contributed by atoms with Crippen LogP contribution < -0.4 is 10.6 Å². The first kappa shape index (κ1) is 13.8. The van der Waals surface area contributed by atoms with Crippen LogP contribution in [-0.4, -0.2) is 23.8 Å². The van der Waals surface area contributed by atoms with E-state index in [9.17, 15) is 4.79 Å². The van der Waals surface area contributed by atoms with Crippen LogP contribution in [0.25, 0.3) is 0 Å². The minimum atomic E-state index is -0.333. The van der Waals surface area contributed by atoms with Crippen LogP contribution >= 0.6 is 11.6 Å². The van der Waals surface area contributed by atoms with Gasteiger partial charge in [-0.15, -0.1) is 0 Å². The van der Waals surface area contributed by atoms with Gasteiger partial charge in [-0.1, -0.05) is 25.4 Å². The summed E-state index contributed by atoms with van der Waals surface area (Å²) < 4.78 is 0. The number of anilines is 1. The molecule has 0 saturated heterocycles. The van der Waals surface area contributed by atoms with Crippen molar-refractivity contribution in [3.05, 3.63) is 29.3 Å². The summed E-state index contributed by atoms with van der Waals surface area (Å²) in [5, 5.41) is 15.1. The van der Waals surface area contributed by atoms with Gasteiger partial charge in [-0.25, -0.2) is 4.79 Å². The van der Waals surface area contributed by atoms with Crippen LogP contribution in [0.3, 0.4) is 0 Å². The van der Waals surface area contributed by atoms with Crippen molar-refractivity contribution < 1.29 is 9.90 Å². The molecule has 0 aliphatic heterocycles. The Morgan fingerprint density at radius 3 is 2.41 bits per heavy atom.